The van der Waals surface area contributed by atoms with Crippen LogP contribution in [0.2, 0.25) is 0 Å². The zero-order chi connectivity index (χ0) is 13.4. The maximum Gasteiger partial charge on any atom is 0.180 e. The Morgan fingerprint density at radius 3 is 2.80 bits per heavy atom. The fourth-order valence-corrected chi connectivity index (χ4v) is 3.53. The Kier molecular flexibility index (Phi) is 4.55. The van der Waals surface area contributed by atoms with Crippen molar-refractivity contribution in [2.45, 2.75) is 26.3 Å². The molecule has 1 aliphatic rings. The van der Waals surface area contributed by atoms with Crippen LogP contribution in [0.3, 0.4) is 0 Å². The van der Waals surface area contributed by atoms with Gasteiger partial charge in [-0.15, -0.1) is 23.7 Å². The molecule has 2 heterocycles. The summed E-state index contributed by atoms with van der Waals surface area (Å²) in [4.78, 5) is 7.82. The molecule has 0 saturated heterocycles. The molecule has 0 amide bonds. The Hall–Kier alpha value is -1.26. The number of nitrogens with two attached hydrogens (primary N) is 1. The van der Waals surface area contributed by atoms with Gasteiger partial charge in [0, 0.05) is 29.2 Å². The molecule has 1 aliphatic heterocycles. The second-order valence-corrected chi connectivity index (χ2v) is 6.60. The minimum absolute atomic E-state index is 0. The number of rotatable bonds is 3. The van der Waals surface area contributed by atoms with Crippen molar-refractivity contribution in [2.24, 2.45) is 5.92 Å². The van der Waals surface area contributed by atoms with Crippen molar-refractivity contribution in [2.75, 3.05) is 17.2 Å². The maximum atomic E-state index is 5.71. The molecule has 3 nitrogen and oxygen atoms in total. The van der Waals surface area contributed by atoms with Crippen molar-refractivity contribution in [3.05, 3.63) is 40.9 Å². The van der Waals surface area contributed by atoms with Gasteiger partial charge >= 0.3 is 0 Å². The van der Waals surface area contributed by atoms with Crippen molar-refractivity contribution in [3.8, 4) is 0 Å². The average Bonchev–Trinajstić information content (AvgIpc) is 2.95. The quantitative estimate of drug-likeness (QED) is 0.934. The summed E-state index contributed by atoms with van der Waals surface area (Å²) in [6.45, 7) is 6.61. The van der Waals surface area contributed by atoms with Gasteiger partial charge in [-0.3, -0.25) is 0 Å². The standard InChI is InChI=1S/C15H19N3S.ClH/c1-10(2)13-9-18(8-11-7-17-15(16)19-11)14-6-4-3-5-12(13)14;/h3-7,10,13H,8-9H2,1-2H3,(H2,16,17);1H. The van der Waals surface area contributed by atoms with Crippen molar-refractivity contribution in [3.63, 3.8) is 0 Å². The first-order chi connectivity index (χ1) is 9.15. The molecule has 2 aromatic rings. The number of benzene rings is 1. The molecule has 1 aromatic carbocycles. The first-order valence-corrected chi connectivity index (χ1v) is 7.51. The van der Waals surface area contributed by atoms with Crippen LogP contribution in [0.15, 0.2) is 30.5 Å². The molecular formula is C15H20ClN3S. The van der Waals surface area contributed by atoms with Crippen molar-refractivity contribution in [1.82, 2.24) is 4.98 Å². The number of nitrogens with zero attached hydrogens (tertiary/aromatic N) is 2. The van der Waals surface area contributed by atoms with E-state index in [-0.39, 0.29) is 12.4 Å². The molecule has 0 fully saturated rings. The van der Waals surface area contributed by atoms with Gasteiger partial charge in [0.25, 0.3) is 0 Å². The fraction of sp³-hybridized carbons (Fsp3) is 0.400. The largest absolute Gasteiger partial charge is 0.375 e. The van der Waals surface area contributed by atoms with Crippen molar-refractivity contribution in [1.29, 1.82) is 0 Å². The zero-order valence-corrected chi connectivity index (χ0v) is 13.4. The van der Waals surface area contributed by atoms with E-state index in [2.05, 4.69) is 48.0 Å². The van der Waals surface area contributed by atoms with Crippen LogP contribution in [-0.2, 0) is 6.54 Å². The molecule has 0 radical (unpaired) electrons. The lowest BCUT2D eigenvalue weighted by atomic mass is 9.90. The van der Waals surface area contributed by atoms with E-state index in [1.165, 1.54) is 16.1 Å². The second kappa shape index (κ2) is 6.02. The zero-order valence-electron chi connectivity index (χ0n) is 11.7. The first-order valence-electron chi connectivity index (χ1n) is 6.69. The van der Waals surface area contributed by atoms with E-state index in [9.17, 15) is 0 Å². The molecule has 0 bridgehead atoms. The molecule has 20 heavy (non-hydrogen) atoms. The summed E-state index contributed by atoms with van der Waals surface area (Å²) in [6.07, 6.45) is 1.89. The van der Waals surface area contributed by atoms with Crippen LogP contribution in [0.25, 0.3) is 0 Å². The van der Waals surface area contributed by atoms with Crippen molar-refractivity contribution >= 4 is 34.6 Å². The summed E-state index contributed by atoms with van der Waals surface area (Å²) >= 11 is 1.58. The van der Waals surface area contributed by atoms with Gasteiger partial charge in [-0.25, -0.2) is 4.98 Å². The number of nitrogen functional groups attached to an aromatic ring is 1. The second-order valence-electron chi connectivity index (χ2n) is 5.45. The highest BCUT2D eigenvalue weighted by atomic mass is 35.5. The Morgan fingerprint density at radius 2 is 2.15 bits per heavy atom. The number of para-hydroxylation sites is 1. The monoisotopic (exact) mass is 309 g/mol. The molecule has 3 rings (SSSR count). The van der Waals surface area contributed by atoms with Gasteiger partial charge in [0.05, 0.1) is 6.54 Å². The number of halogens is 1. The number of anilines is 2. The van der Waals surface area contributed by atoms with Crippen LogP contribution >= 0.6 is 23.7 Å². The summed E-state index contributed by atoms with van der Waals surface area (Å²) in [5.41, 5.74) is 8.56. The van der Waals surface area contributed by atoms with Gasteiger partial charge in [0.15, 0.2) is 5.13 Å². The van der Waals surface area contributed by atoms with Crippen LogP contribution in [-0.4, -0.2) is 11.5 Å². The third-order valence-corrected chi connectivity index (χ3v) is 4.63. The van der Waals surface area contributed by atoms with Gasteiger partial charge in [-0.05, 0) is 17.5 Å². The molecule has 1 aromatic heterocycles. The molecule has 1 atom stereocenters. The van der Waals surface area contributed by atoms with E-state index >= 15 is 0 Å². The van der Waals surface area contributed by atoms with Gasteiger partial charge in [0.2, 0.25) is 0 Å². The van der Waals surface area contributed by atoms with E-state index in [0.717, 1.165) is 13.1 Å². The third kappa shape index (κ3) is 2.76. The molecule has 108 valence electrons. The average molecular weight is 310 g/mol. The van der Waals surface area contributed by atoms with Gasteiger partial charge < -0.3 is 10.6 Å². The van der Waals surface area contributed by atoms with Crippen LogP contribution < -0.4 is 10.6 Å². The van der Waals surface area contributed by atoms with E-state index in [4.69, 9.17) is 5.73 Å². The van der Waals surface area contributed by atoms with Crippen LogP contribution in [0, 0.1) is 5.92 Å². The fourth-order valence-electron chi connectivity index (χ4n) is 2.83. The van der Waals surface area contributed by atoms with Crippen molar-refractivity contribution < 1.29 is 0 Å². The van der Waals surface area contributed by atoms with Crippen LogP contribution in [0.4, 0.5) is 10.8 Å². The Balaban J connectivity index is 0.00000147. The topological polar surface area (TPSA) is 42.2 Å². The van der Waals surface area contributed by atoms with Gasteiger partial charge in [0.1, 0.15) is 0 Å². The van der Waals surface area contributed by atoms with Crippen LogP contribution in [0.1, 0.15) is 30.2 Å². The van der Waals surface area contributed by atoms with E-state index in [0.29, 0.717) is 17.0 Å². The lowest BCUT2D eigenvalue weighted by molar-refractivity contribution is 0.514. The van der Waals surface area contributed by atoms with E-state index in [1.54, 1.807) is 11.3 Å². The maximum absolute atomic E-state index is 5.71. The highest BCUT2D eigenvalue weighted by Crippen LogP contribution is 2.40. The Bertz CT molecular complexity index is 582. The highest BCUT2D eigenvalue weighted by Gasteiger charge is 2.30. The van der Waals surface area contributed by atoms with Crippen LogP contribution in [0.5, 0.6) is 0 Å². The summed E-state index contributed by atoms with van der Waals surface area (Å²) in [6, 6.07) is 8.75. The molecule has 0 aliphatic carbocycles. The summed E-state index contributed by atoms with van der Waals surface area (Å²) < 4.78 is 0. The van der Waals surface area contributed by atoms with Gasteiger partial charge in [-0.2, -0.15) is 0 Å². The molecule has 1 unspecified atom stereocenters. The summed E-state index contributed by atoms with van der Waals surface area (Å²) in [5.74, 6) is 1.29. The molecular weight excluding hydrogens is 290 g/mol. The number of fused-ring (bicyclic) bond motifs is 1. The highest BCUT2D eigenvalue weighted by molar-refractivity contribution is 7.15. The molecule has 2 N–H and O–H groups in total. The number of aromatic nitrogens is 1. The third-order valence-electron chi connectivity index (χ3n) is 3.82. The first kappa shape index (κ1) is 15.1. The minimum atomic E-state index is 0. The normalized spacial score (nSPS) is 17.1. The molecule has 5 heteroatoms. The summed E-state index contributed by atoms with van der Waals surface area (Å²) in [5, 5.41) is 0.655. The molecule has 0 spiro atoms. The Morgan fingerprint density at radius 1 is 1.40 bits per heavy atom. The number of thiazole rings is 1. The number of hydrogen-bond donors (Lipinski definition) is 1. The Labute approximate surface area is 130 Å². The smallest absolute Gasteiger partial charge is 0.180 e. The van der Waals surface area contributed by atoms with E-state index < -0.39 is 0 Å². The predicted molar refractivity (Wildman–Crippen MR) is 88.8 cm³/mol. The molecule has 0 saturated carbocycles. The number of hydrogen-bond acceptors (Lipinski definition) is 4. The van der Waals surface area contributed by atoms with Gasteiger partial charge in [-0.1, -0.05) is 32.0 Å². The SMILES string of the molecule is CC(C)C1CN(Cc2cnc(N)s2)c2ccccc21.Cl. The predicted octanol–water partition coefficient (Wildman–Crippen LogP) is 3.91. The minimum Gasteiger partial charge on any atom is -0.375 e. The lowest BCUT2D eigenvalue weighted by Crippen LogP contribution is -2.22. The lowest BCUT2D eigenvalue weighted by Gasteiger charge is -2.19. The van der Waals surface area contributed by atoms with E-state index in [1.807, 2.05) is 6.20 Å². The summed E-state index contributed by atoms with van der Waals surface area (Å²) in [7, 11) is 0.